The van der Waals surface area contributed by atoms with E-state index in [1.807, 2.05) is 0 Å². The Balaban J connectivity index is 2.35. The van der Waals surface area contributed by atoms with Gasteiger partial charge in [-0.2, -0.15) is 0 Å². The highest BCUT2D eigenvalue weighted by molar-refractivity contribution is 4.84. The van der Waals surface area contributed by atoms with E-state index in [1.54, 1.807) is 0 Å². The van der Waals surface area contributed by atoms with Crippen molar-refractivity contribution in [1.82, 2.24) is 10.2 Å². The molecule has 0 aromatic heterocycles. The number of hydrogen-bond acceptors (Lipinski definition) is 2. The minimum absolute atomic E-state index is 0.381. The number of nitrogens with one attached hydrogen (secondary N) is 1. The van der Waals surface area contributed by atoms with Gasteiger partial charge < -0.3 is 10.2 Å². The number of hydrogen-bond donors (Lipinski definition) is 1. The maximum absolute atomic E-state index is 3.64. The van der Waals surface area contributed by atoms with Crippen molar-refractivity contribution in [3.63, 3.8) is 0 Å². The molecule has 2 heteroatoms. The van der Waals surface area contributed by atoms with Crippen LogP contribution < -0.4 is 5.32 Å². The van der Waals surface area contributed by atoms with Crippen LogP contribution >= 0.6 is 0 Å². The Morgan fingerprint density at radius 2 is 1.81 bits per heavy atom. The Morgan fingerprint density at radius 3 is 2.38 bits per heavy atom. The zero-order chi connectivity index (χ0) is 12.0. The van der Waals surface area contributed by atoms with Crippen LogP contribution in [0.2, 0.25) is 0 Å². The maximum atomic E-state index is 3.64. The van der Waals surface area contributed by atoms with E-state index in [9.17, 15) is 0 Å². The Morgan fingerprint density at radius 1 is 1.19 bits per heavy atom. The fourth-order valence-corrected chi connectivity index (χ4v) is 2.47. The quantitative estimate of drug-likeness (QED) is 0.749. The summed E-state index contributed by atoms with van der Waals surface area (Å²) in [5.74, 6) is 0. The highest BCUT2D eigenvalue weighted by atomic mass is 15.1. The SMILES string of the molecule is CCCNC(C)C(C)(C)CN1CCCCC1. The third-order valence-electron chi connectivity index (χ3n) is 3.95. The minimum Gasteiger partial charge on any atom is -0.314 e. The van der Waals surface area contributed by atoms with Gasteiger partial charge in [0.2, 0.25) is 0 Å². The topological polar surface area (TPSA) is 15.3 Å². The summed E-state index contributed by atoms with van der Waals surface area (Å²) in [5.41, 5.74) is 0.381. The largest absolute Gasteiger partial charge is 0.314 e. The van der Waals surface area contributed by atoms with E-state index < -0.39 is 0 Å². The van der Waals surface area contributed by atoms with Crippen LogP contribution in [0.1, 0.15) is 53.4 Å². The maximum Gasteiger partial charge on any atom is 0.0102 e. The predicted octanol–water partition coefficient (Wildman–Crippen LogP) is 2.89. The van der Waals surface area contributed by atoms with E-state index in [0.717, 1.165) is 6.54 Å². The Hall–Kier alpha value is -0.0800. The number of rotatable bonds is 6. The van der Waals surface area contributed by atoms with Gasteiger partial charge in [0.1, 0.15) is 0 Å². The molecule has 1 saturated heterocycles. The molecular formula is C14H30N2. The zero-order valence-corrected chi connectivity index (χ0v) is 11.7. The average molecular weight is 226 g/mol. The van der Waals surface area contributed by atoms with Gasteiger partial charge in [-0.25, -0.2) is 0 Å². The second-order valence-electron chi connectivity index (χ2n) is 6.00. The lowest BCUT2D eigenvalue weighted by Crippen LogP contribution is -2.48. The van der Waals surface area contributed by atoms with Crippen molar-refractivity contribution < 1.29 is 0 Å². The molecule has 1 rings (SSSR count). The molecule has 0 aromatic rings. The van der Waals surface area contributed by atoms with Gasteiger partial charge in [-0.3, -0.25) is 0 Å². The number of piperidine rings is 1. The molecule has 1 N–H and O–H groups in total. The molecule has 0 amide bonds. The van der Waals surface area contributed by atoms with Gasteiger partial charge in [-0.05, 0) is 51.2 Å². The normalized spacial score (nSPS) is 21.0. The summed E-state index contributed by atoms with van der Waals surface area (Å²) in [7, 11) is 0. The van der Waals surface area contributed by atoms with Gasteiger partial charge in [0, 0.05) is 12.6 Å². The monoisotopic (exact) mass is 226 g/mol. The third kappa shape index (κ3) is 4.42. The van der Waals surface area contributed by atoms with Gasteiger partial charge >= 0.3 is 0 Å². The summed E-state index contributed by atoms with van der Waals surface area (Å²) in [5, 5.41) is 3.64. The lowest BCUT2D eigenvalue weighted by Gasteiger charge is -2.39. The van der Waals surface area contributed by atoms with E-state index in [-0.39, 0.29) is 0 Å². The summed E-state index contributed by atoms with van der Waals surface area (Å²) in [6.45, 7) is 14.4. The third-order valence-corrected chi connectivity index (χ3v) is 3.95. The van der Waals surface area contributed by atoms with E-state index in [1.165, 1.54) is 45.3 Å². The molecule has 1 aliphatic heterocycles. The van der Waals surface area contributed by atoms with Crippen molar-refractivity contribution in [3.05, 3.63) is 0 Å². The summed E-state index contributed by atoms with van der Waals surface area (Å²) in [6.07, 6.45) is 5.45. The van der Waals surface area contributed by atoms with Gasteiger partial charge in [-0.1, -0.05) is 27.2 Å². The second-order valence-corrected chi connectivity index (χ2v) is 6.00. The van der Waals surface area contributed by atoms with Crippen LogP contribution in [0.3, 0.4) is 0 Å². The summed E-state index contributed by atoms with van der Waals surface area (Å²) in [6, 6.07) is 0.606. The molecule has 1 unspecified atom stereocenters. The molecule has 16 heavy (non-hydrogen) atoms. The molecule has 0 aliphatic carbocycles. The number of nitrogens with zero attached hydrogens (tertiary/aromatic N) is 1. The van der Waals surface area contributed by atoms with E-state index >= 15 is 0 Å². The molecule has 0 radical (unpaired) electrons. The lowest BCUT2D eigenvalue weighted by atomic mass is 9.84. The first-order chi connectivity index (χ1) is 7.56. The van der Waals surface area contributed by atoms with Crippen LogP contribution in [0.15, 0.2) is 0 Å². The first-order valence-corrected chi connectivity index (χ1v) is 7.02. The summed E-state index contributed by atoms with van der Waals surface area (Å²) < 4.78 is 0. The molecule has 0 saturated carbocycles. The molecule has 0 spiro atoms. The fourth-order valence-electron chi connectivity index (χ4n) is 2.47. The Bertz CT molecular complexity index is 183. The van der Waals surface area contributed by atoms with Crippen molar-refractivity contribution in [2.24, 2.45) is 5.41 Å². The number of likely N-dealkylation sites (tertiary alicyclic amines) is 1. The van der Waals surface area contributed by atoms with Gasteiger partial charge in [0.25, 0.3) is 0 Å². The van der Waals surface area contributed by atoms with Crippen molar-refractivity contribution in [1.29, 1.82) is 0 Å². The van der Waals surface area contributed by atoms with Crippen molar-refractivity contribution in [2.45, 2.75) is 59.4 Å². The molecule has 0 bridgehead atoms. The molecule has 1 heterocycles. The fraction of sp³-hybridized carbons (Fsp3) is 1.00. The summed E-state index contributed by atoms with van der Waals surface area (Å²) in [4.78, 5) is 2.65. The van der Waals surface area contributed by atoms with Crippen LogP contribution in [-0.4, -0.2) is 37.1 Å². The van der Waals surface area contributed by atoms with E-state index in [2.05, 4.69) is 37.9 Å². The standard InChI is InChI=1S/C14H30N2/c1-5-9-15-13(2)14(3,4)12-16-10-7-6-8-11-16/h13,15H,5-12H2,1-4H3. The summed E-state index contributed by atoms with van der Waals surface area (Å²) >= 11 is 0. The van der Waals surface area contributed by atoms with Crippen LogP contribution in [0.5, 0.6) is 0 Å². The highest BCUT2D eigenvalue weighted by Gasteiger charge is 2.28. The molecule has 2 nitrogen and oxygen atoms in total. The molecule has 96 valence electrons. The Labute approximate surface area is 102 Å². The van der Waals surface area contributed by atoms with Crippen LogP contribution in [0.25, 0.3) is 0 Å². The van der Waals surface area contributed by atoms with Gasteiger partial charge in [-0.15, -0.1) is 0 Å². The van der Waals surface area contributed by atoms with Gasteiger partial charge in [0.15, 0.2) is 0 Å². The highest BCUT2D eigenvalue weighted by Crippen LogP contribution is 2.24. The van der Waals surface area contributed by atoms with Gasteiger partial charge in [0.05, 0.1) is 0 Å². The smallest absolute Gasteiger partial charge is 0.0102 e. The average Bonchev–Trinajstić information content (AvgIpc) is 2.26. The predicted molar refractivity (Wildman–Crippen MR) is 71.8 cm³/mol. The lowest BCUT2D eigenvalue weighted by molar-refractivity contribution is 0.125. The minimum atomic E-state index is 0.381. The second kappa shape index (κ2) is 6.61. The molecular weight excluding hydrogens is 196 g/mol. The van der Waals surface area contributed by atoms with Crippen LogP contribution in [0, 0.1) is 5.41 Å². The van der Waals surface area contributed by atoms with E-state index in [0.29, 0.717) is 11.5 Å². The van der Waals surface area contributed by atoms with Crippen LogP contribution in [-0.2, 0) is 0 Å². The van der Waals surface area contributed by atoms with Crippen molar-refractivity contribution in [2.75, 3.05) is 26.2 Å². The molecule has 1 atom stereocenters. The van der Waals surface area contributed by atoms with Crippen molar-refractivity contribution in [3.8, 4) is 0 Å². The first-order valence-electron chi connectivity index (χ1n) is 7.02. The van der Waals surface area contributed by atoms with E-state index in [4.69, 9.17) is 0 Å². The zero-order valence-electron chi connectivity index (χ0n) is 11.7. The molecule has 0 aromatic carbocycles. The molecule has 1 fully saturated rings. The first kappa shape index (κ1) is 14.0. The van der Waals surface area contributed by atoms with Crippen molar-refractivity contribution >= 4 is 0 Å². The Kier molecular flexibility index (Phi) is 5.77. The molecule has 1 aliphatic rings. The van der Waals surface area contributed by atoms with Crippen LogP contribution in [0.4, 0.5) is 0 Å².